The van der Waals surface area contributed by atoms with Crippen LogP contribution in [0.25, 0.3) is 0 Å². The molecule has 3 heteroatoms. The molecule has 0 saturated carbocycles. The second kappa shape index (κ2) is 4.59. The van der Waals surface area contributed by atoms with Crippen LogP contribution in [0.5, 0.6) is 0 Å². The molecule has 12 heavy (non-hydrogen) atoms. The van der Waals surface area contributed by atoms with Crippen molar-refractivity contribution in [2.75, 3.05) is 13.2 Å². The van der Waals surface area contributed by atoms with E-state index in [2.05, 4.69) is 11.9 Å². The van der Waals surface area contributed by atoms with E-state index in [4.69, 9.17) is 4.74 Å². The lowest BCUT2D eigenvalue weighted by Gasteiger charge is -2.13. The third-order valence-corrected chi connectivity index (χ3v) is 1.56. The first kappa shape index (κ1) is 8.84. The molecule has 66 valence electrons. The van der Waals surface area contributed by atoms with Gasteiger partial charge in [0.15, 0.2) is 5.76 Å². The van der Waals surface area contributed by atoms with E-state index < -0.39 is 0 Å². The summed E-state index contributed by atoms with van der Waals surface area (Å²) in [5.41, 5.74) is 0. The Labute approximate surface area is 72.1 Å². The Bertz CT molecular complexity index is 209. The molecule has 0 aromatic rings. The number of carbonyl (C=O) groups excluding carboxylic acids is 1. The van der Waals surface area contributed by atoms with E-state index in [0.29, 0.717) is 18.9 Å². The van der Waals surface area contributed by atoms with Crippen LogP contribution < -0.4 is 5.32 Å². The van der Waals surface area contributed by atoms with Gasteiger partial charge in [-0.15, -0.1) is 6.58 Å². The van der Waals surface area contributed by atoms with E-state index in [9.17, 15) is 4.79 Å². The van der Waals surface area contributed by atoms with Crippen molar-refractivity contribution < 1.29 is 9.53 Å². The van der Waals surface area contributed by atoms with Crippen molar-refractivity contribution >= 4 is 5.91 Å². The van der Waals surface area contributed by atoms with Gasteiger partial charge in [0.05, 0.1) is 6.61 Å². The molecule has 0 radical (unpaired) electrons. The third-order valence-electron chi connectivity index (χ3n) is 1.56. The Balaban J connectivity index is 2.34. The highest BCUT2D eigenvalue weighted by atomic mass is 16.5. The lowest BCUT2D eigenvalue weighted by molar-refractivity contribution is -0.121. The Morgan fingerprint density at radius 2 is 2.58 bits per heavy atom. The van der Waals surface area contributed by atoms with Crippen molar-refractivity contribution in [3.63, 3.8) is 0 Å². The first-order valence-electron chi connectivity index (χ1n) is 4.06. The fraction of sp³-hybridized carbons (Fsp3) is 0.444. The molecule has 0 fully saturated rings. The highest BCUT2D eigenvalue weighted by Gasteiger charge is 2.12. The summed E-state index contributed by atoms with van der Waals surface area (Å²) in [6.07, 6.45) is 5.21. The molecular weight excluding hydrogens is 154 g/mol. The fourth-order valence-electron chi connectivity index (χ4n) is 0.945. The summed E-state index contributed by atoms with van der Waals surface area (Å²) in [5.74, 6) is 0.341. The monoisotopic (exact) mass is 167 g/mol. The zero-order valence-corrected chi connectivity index (χ0v) is 7.01. The molecule has 0 bridgehead atoms. The second-order valence-corrected chi connectivity index (χ2v) is 2.54. The summed E-state index contributed by atoms with van der Waals surface area (Å²) in [6.45, 7) is 4.81. The first-order chi connectivity index (χ1) is 5.84. The van der Waals surface area contributed by atoms with Crippen molar-refractivity contribution in [2.24, 2.45) is 0 Å². The lowest BCUT2D eigenvalue weighted by Crippen LogP contribution is -2.30. The van der Waals surface area contributed by atoms with Crippen LogP contribution >= 0.6 is 0 Å². The van der Waals surface area contributed by atoms with E-state index in [-0.39, 0.29) is 5.91 Å². The molecule has 0 saturated heterocycles. The third kappa shape index (κ3) is 2.42. The molecule has 1 amide bonds. The highest BCUT2D eigenvalue weighted by Crippen LogP contribution is 2.04. The molecule has 0 unspecified atom stereocenters. The molecule has 0 spiro atoms. The van der Waals surface area contributed by atoms with E-state index in [1.807, 2.05) is 6.08 Å². The topological polar surface area (TPSA) is 38.3 Å². The first-order valence-corrected chi connectivity index (χ1v) is 4.06. The van der Waals surface area contributed by atoms with Gasteiger partial charge >= 0.3 is 0 Å². The molecule has 1 heterocycles. The van der Waals surface area contributed by atoms with Crippen LogP contribution in [0.15, 0.2) is 24.5 Å². The van der Waals surface area contributed by atoms with Gasteiger partial charge in [-0.25, -0.2) is 0 Å². The van der Waals surface area contributed by atoms with Crippen molar-refractivity contribution in [3.8, 4) is 0 Å². The SMILES string of the molecule is C=CCCOC1=CCCNC1=O. The normalized spacial score (nSPS) is 16.3. The standard InChI is InChI=1S/C9H13NO2/c1-2-3-7-12-8-5-4-6-10-9(8)11/h2,5H,1,3-4,6-7H2,(H,10,11). The number of hydrogen-bond donors (Lipinski definition) is 1. The second-order valence-electron chi connectivity index (χ2n) is 2.54. The van der Waals surface area contributed by atoms with Crippen LogP contribution in [0.2, 0.25) is 0 Å². The van der Waals surface area contributed by atoms with Gasteiger partial charge in [-0.2, -0.15) is 0 Å². The summed E-state index contributed by atoms with van der Waals surface area (Å²) in [5, 5.41) is 2.70. The average molecular weight is 167 g/mol. The average Bonchev–Trinajstić information content (AvgIpc) is 2.09. The summed E-state index contributed by atoms with van der Waals surface area (Å²) in [6, 6.07) is 0. The Morgan fingerprint density at radius 3 is 3.25 bits per heavy atom. The minimum absolute atomic E-state index is 0.106. The lowest BCUT2D eigenvalue weighted by atomic mass is 10.2. The van der Waals surface area contributed by atoms with Crippen LogP contribution in [0.1, 0.15) is 12.8 Å². The molecule has 1 N–H and O–H groups in total. The molecule has 0 aromatic carbocycles. The zero-order chi connectivity index (χ0) is 8.81. The molecular formula is C9H13NO2. The molecule has 0 atom stereocenters. The van der Waals surface area contributed by atoms with Gasteiger partial charge in [-0.05, 0) is 18.9 Å². The summed E-state index contributed by atoms with van der Waals surface area (Å²) >= 11 is 0. The van der Waals surface area contributed by atoms with Crippen LogP contribution in [0.3, 0.4) is 0 Å². The van der Waals surface area contributed by atoms with E-state index in [0.717, 1.165) is 12.8 Å². The maximum atomic E-state index is 11.1. The Kier molecular flexibility index (Phi) is 3.38. The number of ether oxygens (including phenoxy) is 1. The minimum atomic E-state index is -0.106. The Morgan fingerprint density at radius 1 is 1.75 bits per heavy atom. The number of nitrogens with one attached hydrogen (secondary N) is 1. The summed E-state index contributed by atoms with van der Waals surface area (Å²) in [7, 11) is 0. The van der Waals surface area contributed by atoms with Crippen molar-refractivity contribution in [3.05, 3.63) is 24.5 Å². The molecule has 1 aliphatic rings. The van der Waals surface area contributed by atoms with Gasteiger partial charge in [0, 0.05) is 6.54 Å². The zero-order valence-electron chi connectivity index (χ0n) is 7.01. The van der Waals surface area contributed by atoms with Crippen LogP contribution in [0, 0.1) is 0 Å². The minimum Gasteiger partial charge on any atom is -0.488 e. The van der Waals surface area contributed by atoms with Crippen molar-refractivity contribution in [1.29, 1.82) is 0 Å². The quantitative estimate of drug-likeness (QED) is 0.500. The number of hydrogen-bond acceptors (Lipinski definition) is 2. The summed E-state index contributed by atoms with van der Waals surface area (Å²) in [4.78, 5) is 11.1. The van der Waals surface area contributed by atoms with Crippen molar-refractivity contribution in [2.45, 2.75) is 12.8 Å². The maximum Gasteiger partial charge on any atom is 0.286 e. The van der Waals surface area contributed by atoms with Gasteiger partial charge < -0.3 is 10.1 Å². The van der Waals surface area contributed by atoms with Crippen molar-refractivity contribution in [1.82, 2.24) is 5.32 Å². The Hall–Kier alpha value is -1.25. The van der Waals surface area contributed by atoms with Crippen LogP contribution in [-0.4, -0.2) is 19.1 Å². The van der Waals surface area contributed by atoms with Gasteiger partial charge in [-0.1, -0.05) is 6.08 Å². The number of carbonyl (C=O) groups is 1. The van der Waals surface area contributed by atoms with Gasteiger partial charge in [-0.3, -0.25) is 4.79 Å². The predicted molar refractivity (Wildman–Crippen MR) is 46.5 cm³/mol. The number of rotatable bonds is 4. The van der Waals surface area contributed by atoms with Gasteiger partial charge in [0.25, 0.3) is 5.91 Å². The highest BCUT2D eigenvalue weighted by molar-refractivity contribution is 5.92. The van der Waals surface area contributed by atoms with E-state index in [1.54, 1.807) is 6.08 Å². The van der Waals surface area contributed by atoms with E-state index in [1.165, 1.54) is 0 Å². The van der Waals surface area contributed by atoms with E-state index >= 15 is 0 Å². The largest absolute Gasteiger partial charge is 0.488 e. The maximum absolute atomic E-state index is 11.1. The fourth-order valence-corrected chi connectivity index (χ4v) is 0.945. The molecule has 1 rings (SSSR count). The van der Waals surface area contributed by atoms with Crippen LogP contribution in [-0.2, 0) is 9.53 Å². The predicted octanol–water partition coefficient (Wildman–Crippen LogP) is 0.983. The molecule has 0 aliphatic carbocycles. The molecule has 0 aromatic heterocycles. The number of amides is 1. The molecule has 3 nitrogen and oxygen atoms in total. The van der Waals surface area contributed by atoms with Gasteiger partial charge in [0.1, 0.15) is 0 Å². The smallest absolute Gasteiger partial charge is 0.286 e. The molecule has 1 aliphatic heterocycles. The van der Waals surface area contributed by atoms with Gasteiger partial charge in [0.2, 0.25) is 0 Å². The van der Waals surface area contributed by atoms with Crippen LogP contribution in [0.4, 0.5) is 0 Å². The summed E-state index contributed by atoms with van der Waals surface area (Å²) < 4.78 is 5.21.